The van der Waals surface area contributed by atoms with E-state index in [9.17, 15) is 4.79 Å². The fourth-order valence-corrected chi connectivity index (χ4v) is 3.31. The van der Waals surface area contributed by atoms with Crippen molar-refractivity contribution in [2.75, 3.05) is 6.61 Å². The Morgan fingerprint density at radius 3 is 2.81 bits per heavy atom. The maximum absolute atomic E-state index is 11.3. The van der Waals surface area contributed by atoms with Crippen LogP contribution in [0, 0.1) is 0 Å². The average molecular weight is 357 g/mol. The summed E-state index contributed by atoms with van der Waals surface area (Å²) in [5.74, 6) is -0.334. The van der Waals surface area contributed by atoms with E-state index in [1.807, 2.05) is 30.3 Å². The number of fused-ring (bicyclic) bond motifs is 2. The molecule has 0 aliphatic carbocycles. The average Bonchev–Trinajstić information content (AvgIpc) is 2.91. The summed E-state index contributed by atoms with van der Waals surface area (Å²) in [5, 5.41) is 0. The van der Waals surface area contributed by atoms with Crippen LogP contribution in [-0.2, 0) is 30.3 Å². The van der Waals surface area contributed by atoms with Crippen molar-refractivity contribution in [3.63, 3.8) is 0 Å². The number of esters is 1. The van der Waals surface area contributed by atoms with Gasteiger partial charge in [0.2, 0.25) is 0 Å². The standard InChI is InChI=1S/C15H17BrO5/c1-9(17)20-14-12(16)15-19-8-11(21-15)13(14)18-7-10-5-3-2-4-6-10/h2-6,11-15H,7-8H2,1H3/t11-,12-,13+,14-,15-/m1/s1. The molecule has 2 fully saturated rings. The molecule has 6 heteroatoms. The van der Waals surface area contributed by atoms with Crippen molar-refractivity contribution >= 4 is 21.9 Å². The van der Waals surface area contributed by atoms with E-state index < -0.39 is 12.4 Å². The quantitative estimate of drug-likeness (QED) is 0.610. The Labute approximate surface area is 131 Å². The van der Waals surface area contributed by atoms with Crippen molar-refractivity contribution in [2.24, 2.45) is 0 Å². The maximum atomic E-state index is 11.3. The van der Waals surface area contributed by atoms with Gasteiger partial charge in [0.1, 0.15) is 23.1 Å². The number of carbonyl (C=O) groups is 1. The zero-order chi connectivity index (χ0) is 14.8. The van der Waals surface area contributed by atoms with Crippen molar-refractivity contribution in [3.8, 4) is 0 Å². The molecule has 0 N–H and O–H groups in total. The molecule has 0 radical (unpaired) electrons. The van der Waals surface area contributed by atoms with Gasteiger partial charge in [0.15, 0.2) is 6.29 Å². The molecule has 3 rings (SSSR count). The Morgan fingerprint density at radius 2 is 2.10 bits per heavy atom. The van der Waals surface area contributed by atoms with Gasteiger partial charge in [0, 0.05) is 6.92 Å². The molecular formula is C15H17BrO5. The van der Waals surface area contributed by atoms with E-state index >= 15 is 0 Å². The highest BCUT2D eigenvalue weighted by Gasteiger charge is 2.52. The van der Waals surface area contributed by atoms with Crippen molar-refractivity contribution in [1.82, 2.24) is 0 Å². The van der Waals surface area contributed by atoms with Crippen LogP contribution in [-0.4, -0.2) is 42.0 Å². The minimum absolute atomic E-state index is 0.211. The number of ether oxygens (including phenoxy) is 4. The van der Waals surface area contributed by atoms with E-state index in [0.717, 1.165) is 5.56 Å². The lowest BCUT2D eigenvalue weighted by molar-refractivity contribution is -0.197. The number of carbonyl (C=O) groups excluding carboxylic acids is 1. The molecule has 114 valence electrons. The van der Waals surface area contributed by atoms with Gasteiger partial charge in [0.25, 0.3) is 0 Å². The lowest BCUT2D eigenvalue weighted by atomic mass is 10.0. The van der Waals surface area contributed by atoms with Gasteiger partial charge in [-0.15, -0.1) is 0 Å². The molecule has 5 nitrogen and oxygen atoms in total. The Hall–Kier alpha value is -0.950. The van der Waals surface area contributed by atoms with Gasteiger partial charge in [-0.1, -0.05) is 46.3 Å². The SMILES string of the molecule is CC(=O)O[C@@H]1[C@@H](Br)[C@@H]2OC[C@@H](O2)[C@@H]1OCc1ccccc1. The molecule has 2 bridgehead atoms. The molecule has 1 aromatic carbocycles. The van der Waals surface area contributed by atoms with Gasteiger partial charge in [0.05, 0.1) is 13.2 Å². The first kappa shape index (κ1) is 15.0. The van der Waals surface area contributed by atoms with Crippen LogP contribution in [0.1, 0.15) is 12.5 Å². The van der Waals surface area contributed by atoms with Crippen LogP contribution in [0.5, 0.6) is 0 Å². The summed E-state index contributed by atoms with van der Waals surface area (Å²) >= 11 is 3.50. The first-order chi connectivity index (χ1) is 10.1. The summed E-state index contributed by atoms with van der Waals surface area (Å²) in [6, 6.07) is 9.86. The Bertz CT molecular complexity index is 494. The van der Waals surface area contributed by atoms with Gasteiger partial charge < -0.3 is 18.9 Å². The lowest BCUT2D eigenvalue weighted by Crippen LogP contribution is -2.54. The summed E-state index contributed by atoms with van der Waals surface area (Å²) in [5.41, 5.74) is 1.06. The minimum atomic E-state index is -0.419. The summed E-state index contributed by atoms with van der Waals surface area (Å²) < 4.78 is 22.7. The number of benzene rings is 1. The van der Waals surface area contributed by atoms with Crippen molar-refractivity contribution < 1.29 is 23.7 Å². The second-order valence-electron chi connectivity index (χ2n) is 5.16. The van der Waals surface area contributed by atoms with Gasteiger partial charge >= 0.3 is 5.97 Å². The fourth-order valence-electron chi connectivity index (χ4n) is 2.62. The molecule has 5 atom stereocenters. The van der Waals surface area contributed by atoms with E-state index in [0.29, 0.717) is 13.2 Å². The van der Waals surface area contributed by atoms with Crippen LogP contribution in [0.4, 0.5) is 0 Å². The van der Waals surface area contributed by atoms with Gasteiger partial charge in [-0.05, 0) is 5.56 Å². The van der Waals surface area contributed by atoms with Crippen molar-refractivity contribution in [1.29, 1.82) is 0 Å². The predicted molar refractivity (Wildman–Crippen MR) is 77.9 cm³/mol. The molecule has 0 unspecified atom stereocenters. The maximum Gasteiger partial charge on any atom is 0.303 e. The third-order valence-electron chi connectivity index (χ3n) is 3.59. The third-order valence-corrected chi connectivity index (χ3v) is 4.54. The van der Waals surface area contributed by atoms with E-state index in [2.05, 4.69) is 15.9 Å². The van der Waals surface area contributed by atoms with Crippen molar-refractivity contribution in [2.45, 2.75) is 43.0 Å². The predicted octanol–water partition coefficient (Wildman–Crippen LogP) is 2.02. The Balaban J connectivity index is 1.71. The summed E-state index contributed by atoms with van der Waals surface area (Å²) in [6.07, 6.45) is -1.37. The fraction of sp³-hybridized carbons (Fsp3) is 0.533. The van der Waals surface area contributed by atoms with Crippen LogP contribution in [0.3, 0.4) is 0 Å². The lowest BCUT2D eigenvalue weighted by Gasteiger charge is -2.37. The second-order valence-corrected chi connectivity index (χ2v) is 6.21. The number of rotatable bonds is 4. The molecule has 2 aliphatic heterocycles. The van der Waals surface area contributed by atoms with Crippen LogP contribution < -0.4 is 0 Å². The molecule has 0 saturated carbocycles. The molecule has 0 amide bonds. The number of hydrogen-bond donors (Lipinski definition) is 0. The third kappa shape index (κ3) is 3.29. The van der Waals surface area contributed by atoms with Gasteiger partial charge in [-0.3, -0.25) is 4.79 Å². The molecule has 2 heterocycles. The largest absolute Gasteiger partial charge is 0.458 e. The highest BCUT2D eigenvalue weighted by Crippen LogP contribution is 2.36. The van der Waals surface area contributed by atoms with E-state index in [1.165, 1.54) is 6.92 Å². The molecular weight excluding hydrogens is 340 g/mol. The second kappa shape index (κ2) is 6.44. The molecule has 1 aromatic rings. The number of alkyl halides is 1. The smallest absolute Gasteiger partial charge is 0.303 e. The molecule has 0 spiro atoms. The molecule has 21 heavy (non-hydrogen) atoms. The van der Waals surface area contributed by atoms with E-state index in [1.54, 1.807) is 0 Å². The number of halogens is 1. The first-order valence-electron chi connectivity index (χ1n) is 6.89. The monoisotopic (exact) mass is 356 g/mol. The van der Waals surface area contributed by atoms with Crippen LogP contribution in [0.25, 0.3) is 0 Å². The molecule has 2 aliphatic rings. The normalized spacial score (nSPS) is 34.7. The van der Waals surface area contributed by atoms with Gasteiger partial charge in [-0.2, -0.15) is 0 Å². The molecule has 2 saturated heterocycles. The van der Waals surface area contributed by atoms with Crippen LogP contribution >= 0.6 is 15.9 Å². The minimum Gasteiger partial charge on any atom is -0.458 e. The van der Waals surface area contributed by atoms with Gasteiger partial charge in [-0.25, -0.2) is 0 Å². The Kier molecular flexibility index (Phi) is 4.59. The summed E-state index contributed by atoms with van der Waals surface area (Å²) in [4.78, 5) is 11.1. The van der Waals surface area contributed by atoms with Crippen molar-refractivity contribution in [3.05, 3.63) is 35.9 Å². The van der Waals surface area contributed by atoms with E-state index in [-0.39, 0.29) is 23.0 Å². The zero-order valence-electron chi connectivity index (χ0n) is 11.6. The van der Waals surface area contributed by atoms with E-state index in [4.69, 9.17) is 18.9 Å². The summed E-state index contributed by atoms with van der Waals surface area (Å²) in [7, 11) is 0. The topological polar surface area (TPSA) is 54.0 Å². The highest BCUT2D eigenvalue weighted by atomic mass is 79.9. The summed E-state index contributed by atoms with van der Waals surface area (Å²) in [6.45, 7) is 2.28. The number of hydrogen-bond acceptors (Lipinski definition) is 5. The first-order valence-corrected chi connectivity index (χ1v) is 7.80. The van der Waals surface area contributed by atoms with Crippen LogP contribution in [0.2, 0.25) is 0 Å². The van der Waals surface area contributed by atoms with Crippen LogP contribution in [0.15, 0.2) is 30.3 Å². The highest BCUT2D eigenvalue weighted by molar-refractivity contribution is 9.09. The Morgan fingerprint density at radius 1 is 1.33 bits per heavy atom. The molecule has 0 aromatic heterocycles. The zero-order valence-corrected chi connectivity index (χ0v) is 13.2.